The molecule has 0 atom stereocenters. The van der Waals surface area contributed by atoms with Crippen molar-refractivity contribution in [3.63, 3.8) is 0 Å². The molecule has 1 aliphatic rings. The van der Waals surface area contributed by atoms with Crippen molar-refractivity contribution in [1.82, 2.24) is 15.2 Å². The van der Waals surface area contributed by atoms with Crippen LogP contribution in [0.2, 0.25) is 0 Å². The number of aromatic amines is 1. The van der Waals surface area contributed by atoms with Crippen molar-refractivity contribution in [2.75, 3.05) is 11.1 Å². The molecule has 0 unspecified atom stereocenters. The highest BCUT2D eigenvalue weighted by atomic mass is 32.2. The average molecular weight is 410 g/mol. The van der Waals surface area contributed by atoms with Gasteiger partial charge < -0.3 is 5.32 Å². The van der Waals surface area contributed by atoms with Gasteiger partial charge in [0.2, 0.25) is 11.1 Å². The molecule has 4 rings (SSSR count). The van der Waals surface area contributed by atoms with Crippen molar-refractivity contribution in [3.05, 3.63) is 45.8 Å². The Hall–Kier alpha value is -2.63. The summed E-state index contributed by atoms with van der Waals surface area (Å²) in [4.78, 5) is 18.1. The van der Waals surface area contributed by atoms with Crippen LogP contribution in [-0.4, -0.2) is 26.8 Å². The molecule has 0 aliphatic heterocycles. The molecular formula is C20H19N5OS2. The first-order valence-corrected chi connectivity index (χ1v) is 10.9. The number of benzene rings is 1. The molecule has 1 aliphatic carbocycles. The van der Waals surface area contributed by atoms with Gasteiger partial charge in [-0.15, -0.1) is 16.4 Å². The van der Waals surface area contributed by atoms with Crippen LogP contribution in [0.15, 0.2) is 29.4 Å². The van der Waals surface area contributed by atoms with E-state index in [1.54, 1.807) is 0 Å². The van der Waals surface area contributed by atoms with Gasteiger partial charge in [0.1, 0.15) is 11.1 Å². The number of H-pyrrole nitrogens is 1. The molecule has 0 bridgehead atoms. The summed E-state index contributed by atoms with van der Waals surface area (Å²) >= 11 is 2.81. The Morgan fingerprint density at radius 2 is 2.18 bits per heavy atom. The Morgan fingerprint density at radius 3 is 3.00 bits per heavy atom. The average Bonchev–Trinajstić information content (AvgIpc) is 3.30. The van der Waals surface area contributed by atoms with Gasteiger partial charge in [-0.25, -0.2) is 4.98 Å². The fourth-order valence-electron chi connectivity index (χ4n) is 3.34. The molecule has 2 heterocycles. The Bertz CT molecular complexity index is 1060. The number of aromatic nitrogens is 3. The van der Waals surface area contributed by atoms with Gasteiger partial charge in [0, 0.05) is 10.4 Å². The molecule has 28 heavy (non-hydrogen) atoms. The van der Waals surface area contributed by atoms with E-state index < -0.39 is 0 Å². The highest BCUT2D eigenvalue weighted by molar-refractivity contribution is 7.99. The highest BCUT2D eigenvalue weighted by Crippen LogP contribution is 2.37. The number of carbonyl (C=O) groups excluding carboxylic acids is 1. The molecular weight excluding hydrogens is 390 g/mol. The van der Waals surface area contributed by atoms with Crippen LogP contribution < -0.4 is 5.32 Å². The van der Waals surface area contributed by atoms with E-state index in [0.29, 0.717) is 21.5 Å². The quantitative estimate of drug-likeness (QED) is 0.612. The number of anilines is 1. The third-order valence-electron chi connectivity index (χ3n) is 4.73. The van der Waals surface area contributed by atoms with E-state index in [-0.39, 0.29) is 11.7 Å². The van der Waals surface area contributed by atoms with Crippen LogP contribution in [0.25, 0.3) is 11.4 Å². The van der Waals surface area contributed by atoms with E-state index >= 15 is 0 Å². The number of thioether (sulfide) groups is 1. The first kappa shape index (κ1) is 18.7. The van der Waals surface area contributed by atoms with E-state index in [1.165, 1.54) is 28.0 Å². The largest absolute Gasteiger partial charge is 0.316 e. The monoisotopic (exact) mass is 409 g/mol. The number of hydrogen-bond acceptors (Lipinski definition) is 6. The molecule has 2 N–H and O–H groups in total. The summed E-state index contributed by atoms with van der Waals surface area (Å²) in [6.07, 6.45) is 4.18. The fraction of sp³-hybridized carbons (Fsp3) is 0.300. The summed E-state index contributed by atoms with van der Waals surface area (Å²) in [6, 6.07) is 10.2. The molecule has 0 spiro atoms. The topological polar surface area (TPSA) is 94.5 Å². The molecule has 2 aromatic heterocycles. The van der Waals surface area contributed by atoms with Crippen LogP contribution in [0.5, 0.6) is 0 Å². The molecule has 1 amide bonds. The predicted octanol–water partition coefficient (Wildman–Crippen LogP) is 4.32. The Morgan fingerprint density at radius 1 is 1.36 bits per heavy atom. The molecule has 6 nitrogen and oxygen atoms in total. The maximum Gasteiger partial charge on any atom is 0.235 e. The van der Waals surface area contributed by atoms with Crippen LogP contribution >= 0.6 is 23.1 Å². The van der Waals surface area contributed by atoms with Crippen LogP contribution in [0.4, 0.5) is 5.00 Å². The van der Waals surface area contributed by atoms with Crippen molar-refractivity contribution in [3.8, 4) is 17.5 Å². The lowest BCUT2D eigenvalue weighted by Crippen LogP contribution is -2.14. The summed E-state index contributed by atoms with van der Waals surface area (Å²) in [5.41, 5.74) is 3.86. The van der Waals surface area contributed by atoms with Crippen LogP contribution in [-0.2, 0) is 17.6 Å². The maximum atomic E-state index is 12.4. The molecule has 3 aromatic rings. The van der Waals surface area contributed by atoms with Gasteiger partial charge in [0.15, 0.2) is 5.82 Å². The van der Waals surface area contributed by atoms with Gasteiger partial charge in [0.25, 0.3) is 0 Å². The van der Waals surface area contributed by atoms with Crippen LogP contribution in [0.1, 0.15) is 34.4 Å². The number of rotatable bonds is 5. The number of hydrogen-bond donors (Lipinski definition) is 2. The number of nitrogens with zero attached hydrogens (tertiary/aromatic N) is 3. The minimum absolute atomic E-state index is 0.151. The number of nitrogens with one attached hydrogen (secondary N) is 2. The van der Waals surface area contributed by atoms with E-state index in [1.807, 2.05) is 31.2 Å². The molecule has 0 saturated carbocycles. The normalized spacial score (nSPS) is 13.0. The summed E-state index contributed by atoms with van der Waals surface area (Å²) < 4.78 is 0. The van der Waals surface area contributed by atoms with Crippen molar-refractivity contribution >= 4 is 34.0 Å². The summed E-state index contributed by atoms with van der Waals surface area (Å²) in [5, 5.41) is 20.7. The standard InChI is InChI=1S/C20H19N5OS2/c1-12-6-2-3-7-13(12)18-23-20(25-24-18)27-11-17(26)22-19-15(10-21)14-8-4-5-9-16(14)28-19/h2-3,6-7H,4-5,8-9,11H2,1H3,(H,22,26)(H,23,24,25). The summed E-state index contributed by atoms with van der Waals surface area (Å²) in [7, 11) is 0. The Labute approximate surface area is 171 Å². The molecule has 0 saturated heterocycles. The minimum Gasteiger partial charge on any atom is -0.316 e. The molecule has 8 heteroatoms. The first-order valence-electron chi connectivity index (χ1n) is 9.11. The van der Waals surface area contributed by atoms with Crippen LogP contribution in [0.3, 0.4) is 0 Å². The van der Waals surface area contributed by atoms with E-state index in [9.17, 15) is 10.1 Å². The van der Waals surface area contributed by atoms with Crippen molar-refractivity contribution in [2.24, 2.45) is 0 Å². The van der Waals surface area contributed by atoms with Gasteiger partial charge in [-0.1, -0.05) is 36.0 Å². The second-order valence-electron chi connectivity index (χ2n) is 6.65. The van der Waals surface area contributed by atoms with Gasteiger partial charge in [-0.05, 0) is 43.7 Å². The van der Waals surface area contributed by atoms with Crippen molar-refractivity contribution < 1.29 is 4.79 Å². The number of thiophene rings is 1. The number of fused-ring (bicyclic) bond motifs is 1. The maximum absolute atomic E-state index is 12.4. The van der Waals surface area contributed by atoms with E-state index in [4.69, 9.17) is 0 Å². The zero-order valence-electron chi connectivity index (χ0n) is 15.4. The first-order chi connectivity index (χ1) is 13.7. The van der Waals surface area contributed by atoms with Gasteiger partial charge >= 0.3 is 0 Å². The summed E-state index contributed by atoms with van der Waals surface area (Å²) in [6.45, 7) is 2.02. The van der Waals surface area contributed by atoms with Gasteiger partial charge in [0.05, 0.1) is 11.3 Å². The smallest absolute Gasteiger partial charge is 0.235 e. The molecule has 142 valence electrons. The van der Waals surface area contributed by atoms with Gasteiger partial charge in [-0.2, -0.15) is 5.26 Å². The lowest BCUT2D eigenvalue weighted by atomic mass is 9.96. The fourth-order valence-corrected chi connectivity index (χ4v) is 5.19. The number of nitriles is 1. The third-order valence-corrected chi connectivity index (χ3v) is 6.79. The number of carbonyl (C=O) groups is 1. The Kier molecular flexibility index (Phi) is 5.46. The summed E-state index contributed by atoms with van der Waals surface area (Å²) in [5.74, 6) is 0.736. The second-order valence-corrected chi connectivity index (χ2v) is 8.69. The minimum atomic E-state index is -0.151. The lowest BCUT2D eigenvalue weighted by Gasteiger charge is -2.09. The zero-order valence-corrected chi connectivity index (χ0v) is 17.0. The number of amides is 1. The molecule has 1 aromatic carbocycles. The van der Waals surface area contributed by atoms with E-state index in [2.05, 4.69) is 26.6 Å². The van der Waals surface area contributed by atoms with E-state index in [0.717, 1.165) is 42.4 Å². The SMILES string of the molecule is Cc1ccccc1-c1nc(SCC(=O)Nc2sc3c(c2C#N)CCCC3)n[nH]1. The number of aryl methyl sites for hydroxylation is 2. The highest BCUT2D eigenvalue weighted by Gasteiger charge is 2.22. The lowest BCUT2D eigenvalue weighted by molar-refractivity contribution is -0.113. The van der Waals surface area contributed by atoms with Crippen molar-refractivity contribution in [2.45, 2.75) is 37.8 Å². The van der Waals surface area contributed by atoms with Gasteiger partial charge in [-0.3, -0.25) is 9.89 Å². The third kappa shape index (κ3) is 3.81. The second kappa shape index (κ2) is 8.17. The zero-order chi connectivity index (χ0) is 19.5. The molecule has 0 radical (unpaired) electrons. The van der Waals surface area contributed by atoms with Crippen molar-refractivity contribution in [1.29, 1.82) is 5.26 Å². The molecule has 0 fully saturated rings. The Balaban J connectivity index is 1.40. The predicted molar refractivity (Wildman–Crippen MR) is 112 cm³/mol. The van der Waals surface area contributed by atoms with Crippen LogP contribution in [0, 0.1) is 18.3 Å².